The highest BCUT2D eigenvalue weighted by molar-refractivity contribution is 9.10. The third kappa shape index (κ3) is 4.05. The highest BCUT2D eigenvalue weighted by Gasteiger charge is 2.33. The molecule has 0 aromatic heterocycles. The molecule has 1 heterocycles. The van der Waals surface area contributed by atoms with Crippen LogP contribution in [0.3, 0.4) is 0 Å². The topological polar surface area (TPSA) is 70.7 Å². The first-order valence-corrected chi connectivity index (χ1v) is 10.2. The van der Waals surface area contributed by atoms with Gasteiger partial charge in [0.05, 0.1) is 11.7 Å². The molecule has 5 nitrogen and oxygen atoms in total. The number of hydrogen-bond acceptors (Lipinski definition) is 4. The van der Waals surface area contributed by atoms with Gasteiger partial charge in [0.1, 0.15) is 12.4 Å². The van der Waals surface area contributed by atoms with Gasteiger partial charge in [0.15, 0.2) is 0 Å². The zero-order valence-electron chi connectivity index (χ0n) is 15.3. The fourth-order valence-corrected chi connectivity index (χ4v) is 4.10. The number of nitrogens with two attached hydrogens (primary N) is 1. The Hall–Kier alpha value is -2.67. The van der Waals surface area contributed by atoms with Crippen molar-refractivity contribution in [2.45, 2.75) is 6.04 Å². The van der Waals surface area contributed by atoms with Crippen molar-refractivity contribution in [3.63, 3.8) is 0 Å². The SMILES string of the molecule is NNC(=O)CN1C(c2cccc(Cl)c2)=Nc2ccc(Br)cc2[C@@H]1c1ccccc1. The number of hydrogen-bond donors (Lipinski definition) is 2. The Morgan fingerprint density at radius 1 is 1.10 bits per heavy atom. The molecular weight excluding hydrogens is 452 g/mol. The van der Waals surface area contributed by atoms with Crippen LogP contribution in [0, 0.1) is 0 Å². The van der Waals surface area contributed by atoms with Crippen molar-refractivity contribution in [2.75, 3.05) is 6.54 Å². The molecule has 1 aliphatic heterocycles. The first-order valence-electron chi connectivity index (χ1n) is 9.02. The number of carbonyl (C=O) groups excluding carboxylic acids is 1. The smallest absolute Gasteiger partial charge is 0.253 e. The Kier molecular flexibility index (Phi) is 5.67. The van der Waals surface area contributed by atoms with Crippen LogP contribution < -0.4 is 11.3 Å². The Morgan fingerprint density at radius 3 is 2.62 bits per heavy atom. The Labute approximate surface area is 182 Å². The quantitative estimate of drug-likeness (QED) is 0.334. The number of amides is 1. The number of benzene rings is 3. The van der Waals surface area contributed by atoms with Crippen molar-refractivity contribution >= 4 is 45.0 Å². The van der Waals surface area contributed by atoms with E-state index in [1.54, 1.807) is 0 Å². The molecule has 1 atom stereocenters. The second-order valence-electron chi connectivity index (χ2n) is 6.66. The molecule has 7 heteroatoms. The molecule has 0 saturated heterocycles. The number of halogens is 2. The van der Waals surface area contributed by atoms with E-state index in [-0.39, 0.29) is 18.5 Å². The van der Waals surface area contributed by atoms with E-state index in [9.17, 15) is 4.79 Å². The van der Waals surface area contributed by atoms with E-state index in [4.69, 9.17) is 22.4 Å². The van der Waals surface area contributed by atoms with Crippen LogP contribution in [0.25, 0.3) is 0 Å². The van der Waals surface area contributed by atoms with E-state index >= 15 is 0 Å². The second-order valence-corrected chi connectivity index (χ2v) is 8.01. The summed E-state index contributed by atoms with van der Waals surface area (Å²) >= 11 is 9.80. The summed E-state index contributed by atoms with van der Waals surface area (Å²) in [6.07, 6.45) is 0. The van der Waals surface area contributed by atoms with Gasteiger partial charge < -0.3 is 4.90 Å². The molecule has 146 valence electrons. The van der Waals surface area contributed by atoms with Gasteiger partial charge in [-0.1, -0.05) is 70.0 Å². The normalized spacial score (nSPS) is 15.5. The van der Waals surface area contributed by atoms with Crippen LogP contribution >= 0.6 is 27.5 Å². The van der Waals surface area contributed by atoms with E-state index in [1.165, 1.54) is 0 Å². The lowest BCUT2D eigenvalue weighted by Crippen LogP contribution is -2.46. The number of amidine groups is 1. The molecule has 0 saturated carbocycles. The predicted molar refractivity (Wildman–Crippen MR) is 119 cm³/mol. The van der Waals surface area contributed by atoms with E-state index in [0.717, 1.165) is 26.9 Å². The van der Waals surface area contributed by atoms with E-state index in [0.29, 0.717) is 10.9 Å². The number of nitrogens with one attached hydrogen (secondary N) is 1. The molecule has 29 heavy (non-hydrogen) atoms. The van der Waals surface area contributed by atoms with Crippen molar-refractivity contribution < 1.29 is 4.79 Å². The molecule has 3 aromatic carbocycles. The average Bonchev–Trinajstić information content (AvgIpc) is 2.73. The molecule has 0 aliphatic carbocycles. The Balaban J connectivity index is 1.95. The molecule has 0 bridgehead atoms. The van der Waals surface area contributed by atoms with Crippen LogP contribution in [0.1, 0.15) is 22.7 Å². The molecule has 0 spiro atoms. The van der Waals surface area contributed by atoms with Crippen molar-refractivity contribution in [3.8, 4) is 0 Å². The van der Waals surface area contributed by atoms with Crippen molar-refractivity contribution in [1.82, 2.24) is 10.3 Å². The highest BCUT2D eigenvalue weighted by atomic mass is 79.9. The highest BCUT2D eigenvalue weighted by Crippen LogP contribution is 2.41. The molecular formula is C22H18BrClN4O. The lowest BCUT2D eigenvalue weighted by molar-refractivity contribution is -0.121. The van der Waals surface area contributed by atoms with Crippen LogP contribution in [0.2, 0.25) is 5.02 Å². The predicted octanol–water partition coefficient (Wildman–Crippen LogP) is 4.58. The van der Waals surface area contributed by atoms with Gasteiger partial charge in [-0.15, -0.1) is 0 Å². The monoisotopic (exact) mass is 468 g/mol. The molecule has 4 rings (SSSR count). The second kappa shape index (κ2) is 8.37. The lowest BCUT2D eigenvalue weighted by atomic mass is 9.93. The average molecular weight is 470 g/mol. The third-order valence-corrected chi connectivity index (χ3v) is 5.50. The zero-order valence-corrected chi connectivity index (χ0v) is 17.7. The van der Waals surface area contributed by atoms with Crippen LogP contribution in [0.15, 0.2) is 82.3 Å². The van der Waals surface area contributed by atoms with Gasteiger partial charge in [-0.25, -0.2) is 10.8 Å². The molecule has 1 amide bonds. The van der Waals surface area contributed by atoms with Gasteiger partial charge in [-0.05, 0) is 35.9 Å². The van der Waals surface area contributed by atoms with Gasteiger partial charge in [-0.2, -0.15) is 0 Å². The fraction of sp³-hybridized carbons (Fsp3) is 0.0909. The third-order valence-electron chi connectivity index (χ3n) is 4.77. The molecule has 3 aromatic rings. The number of carbonyl (C=O) groups is 1. The number of aliphatic imine (C=N–C) groups is 1. The number of nitrogens with zero attached hydrogens (tertiary/aromatic N) is 2. The van der Waals surface area contributed by atoms with E-state index in [1.807, 2.05) is 77.7 Å². The Bertz CT molecular complexity index is 1090. The lowest BCUT2D eigenvalue weighted by Gasteiger charge is -2.38. The summed E-state index contributed by atoms with van der Waals surface area (Å²) < 4.78 is 0.946. The Morgan fingerprint density at radius 2 is 1.90 bits per heavy atom. The summed E-state index contributed by atoms with van der Waals surface area (Å²) in [5, 5.41) is 0.603. The van der Waals surface area contributed by atoms with E-state index in [2.05, 4.69) is 21.4 Å². The largest absolute Gasteiger partial charge is 0.336 e. The van der Waals surface area contributed by atoms with Crippen LogP contribution in [0.4, 0.5) is 5.69 Å². The summed E-state index contributed by atoms with van der Waals surface area (Å²) in [5.74, 6) is 5.77. The molecule has 0 radical (unpaired) electrons. The van der Waals surface area contributed by atoms with Gasteiger partial charge in [0.25, 0.3) is 5.91 Å². The fourth-order valence-electron chi connectivity index (χ4n) is 3.53. The standard InChI is InChI=1S/C22H18BrClN4O/c23-16-9-10-19-18(12-16)21(14-5-2-1-3-6-14)28(13-20(29)27-25)22(26-19)15-7-4-8-17(24)11-15/h1-12,21H,13,25H2,(H,27,29)/t21-/m0/s1. The summed E-state index contributed by atoms with van der Waals surface area (Å²) in [4.78, 5) is 19.2. The minimum atomic E-state index is -0.306. The maximum Gasteiger partial charge on any atom is 0.253 e. The van der Waals surface area contributed by atoms with Crippen molar-refractivity contribution in [2.24, 2.45) is 10.8 Å². The molecule has 1 aliphatic rings. The van der Waals surface area contributed by atoms with Crippen LogP contribution in [-0.4, -0.2) is 23.2 Å². The molecule has 0 fully saturated rings. The summed E-state index contributed by atoms with van der Waals surface area (Å²) in [7, 11) is 0. The summed E-state index contributed by atoms with van der Waals surface area (Å²) in [6, 6.07) is 23.3. The zero-order chi connectivity index (χ0) is 20.4. The molecule has 3 N–H and O–H groups in total. The van der Waals surface area contributed by atoms with Gasteiger partial charge in [0, 0.05) is 20.6 Å². The van der Waals surface area contributed by atoms with Gasteiger partial charge >= 0.3 is 0 Å². The van der Waals surface area contributed by atoms with Crippen molar-refractivity contribution in [1.29, 1.82) is 0 Å². The minimum absolute atomic E-state index is 0.0490. The summed E-state index contributed by atoms with van der Waals surface area (Å²) in [5.41, 5.74) is 5.96. The first kappa shape index (κ1) is 19.6. The summed E-state index contributed by atoms with van der Waals surface area (Å²) in [6.45, 7) is 0.0490. The van der Waals surface area contributed by atoms with Crippen LogP contribution in [-0.2, 0) is 4.79 Å². The first-order chi connectivity index (χ1) is 14.1. The minimum Gasteiger partial charge on any atom is -0.336 e. The maximum atomic E-state index is 12.3. The number of fused-ring (bicyclic) bond motifs is 1. The van der Waals surface area contributed by atoms with Crippen LogP contribution in [0.5, 0.6) is 0 Å². The molecule has 0 unspecified atom stereocenters. The number of rotatable bonds is 4. The van der Waals surface area contributed by atoms with E-state index < -0.39 is 0 Å². The maximum absolute atomic E-state index is 12.3. The van der Waals surface area contributed by atoms with Gasteiger partial charge in [-0.3, -0.25) is 10.2 Å². The van der Waals surface area contributed by atoms with Gasteiger partial charge in [0.2, 0.25) is 0 Å². The number of hydrazine groups is 1. The van der Waals surface area contributed by atoms with Crippen molar-refractivity contribution in [3.05, 3.63) is 99.0 Å².